The van der Waals surface area contributed by atoms with Gasteiger partial charge in [0.15, 0.2) is 0 Å². The van der Waals surface area contributed by atoms with Crippen LogP contribution in [-0.4, -0.2) is 25.0 Å². The van der Waals surface area contributed by atoms with Gasteiger partial charge in [-0.05, 0) is 43.0 Å². The van der Waals surface area contributed by atoms with Crippen molar-refractivity contribution in [3.05, 3.63) is 52.2 Å². The van der Waals surface area contributed by atoms with Crippen molar-refractivity contribution < 1.29 is 4.79 Å². The van der Waals surface area contributed by atoms with Crippen LogP contribution in [-0.2, 0) is 5.75 Å². The molecule has 1 fully saturated rings. The lowest BCUT2D eigenvalue weighted by atomic mass is 10.2. The normalized spacial score (nSPS) is 16.8. The van der Waals surface area contributed by atoms with Gasteiger partial charge < -0.3 is 10.6 Å². The summed E-state index contributed by atoms with van der Waals surface area (Å²) in [5.74, 6) is 0.939. The zero-order chi connectivity index (χ0) is 15.2. The van der Waals surface area contributed by atoms with Crippen LogP contribution in [0.5, 0.6) is 0 Å². The number of nitrogens with one attached hydrogen (secondary N) is 2. The Bertz CT molecular complexity index is 613. The maximum Gasteiger partial charge on any atom is 0.252 e. The monoisotopic (exact) mass is 368 g/mol. The van der Waals surface area contributed by atoms with E-state index in [0.717, 1.165) is 29.2 Å². The predicted octanol–water partition coefficient (Wildman–Crippen LogP) is 3.94. The molecule has 1 saturated heterocycles. The molecule has 0 radical (unpaired) electrons. The summed E-state index contributed by atoms with van der Waals surface area (Å²) in [6, 6.07) is 12.5. The highest BCUT2D eigenvalue weighted by atomic mass is 35.5. The molecule has 1 aliphatic rings. The number of hydrogen-bond acceptors (Lipinski definition) is 4. The third-order valence-electron chi connectivity index (χ3n) is 3.75. The van der Waals surface area contributed by atoms with Crippen LogP contribution in [0, 0.1) is 0 Å². The van der Waals surface area contributed by atoms with E-state index in [1.165, 1.54) is 11.3 Å². The summed E-state index contributed by atoms with van der Waals surface area (Å²) >= 11 is 3.48. The highest BCUT2D eigenvalue weighted by molar-refractivity contribution is 7.98. The van der Waals surface area contributed by atoms with Gasteiger partial charge in [-0.15, -0.1) is 35.5 Å². The van der Waals surface area contributed by atoms with Crippen molar-refractivity contribution in [2.24, 2.45) is 0 Å². The molecule has 0 aliphatic carbocycles. The second-order valence-electron chi connectivity index (χ2n) is 5.37. The molecule has 1 unspecified atom stereocenters. The van der Waals surface area contributed by atoms with E-state index < -0.39 is 0 Å². The van der Waals surface area contributed by atoms with Crippen molar-refractivity contribution in [2.75, 3.05) is 13.1 Å². The second kappa shape index (κ2) is 9.33. The number of halogens is 1. The largest absolute Gasteiger partial charge is 0.350 e. The van der Waals surface area contributed by atoms with Crippen LogP contribution in [0.4, 0.5) is 0 Å². The number of thioether (sulfide) groups is 1. The fourth-order valence-electron chi connectivity index (χ4n) is 2.57. The Morgan fingerprint density at radius 3 is 2.91 bits per heavy atom. The Morgan fingerprint density at radius 1 is 1.30 bits per heavy atom. The van der Waals surface area contributed by atoms with Crippen molar-refractivity contribution >= 4 is 41.4 Å². The number of thiophene rings is 1. The molecule has 124 valence electrons. The molecular formula is C17H21ClN2OS2. The number of carbonyl (C=O) groups is 1. The summed E-state index contributed by atoms with van der Waals surface area (Å²) in [6.07, 6.45) is 2.35. The first-order valence-electron chi connectivity index (χ1n) is 7.59. The minimum atomic E-state index is 0. The summed E-state index contributed by atoms with van der Waals surface area (Å²) in [4.78, 5) is 14.8. The van der Waals surface area contributed by atoms with Gasteiger partial charge in [0, 0.05) is 28.1 Å². The van der Waals surface area contributed by atoms with Gasteiger partial charge in [0.05, 0.1) is 5.56 Å². The Kier molecular flexibility index (Phi) is 7.43. The smallest absolute Gasteiger partial charge is 0.252 e. The lowest BCUT2D eigenvalue weighted by molar-refractivity contribution is 0.0947. The van der Waals surface area contributed by atoms with Crippen LogP contribution in [0.3, 0.4) is 0 Å². The zero-order valence-electron chi connectivity index (χ0n) is 12.8. The molecule has 3 nitrogen and oxygen atoms in total. The van der Waals surface area contributed by atoms with E-state index in [1.54, 1.807) is 23.1 Å². The number of amides is 1. The van der Waals surface area contributed by atoms with E-state index in [-0.39, 0.29) is 18.3 Å². The van der Waals surface area contributed by atoms with Crippen molar-refractivity contribution in [3.63, 3.8) is 0 Å². The molecule has 1 aliphatic heterocycles. The van der Waals surface area contributed by atoms with Crippen molar-refractivity contribution in [2.45, 2.75) is 29.5 Å². The van der Waals surface area contributed by atoms with Gasteiger partial charge in [0.2, 0.25) is 0 Å². The summed E-state index contributed by atoms with van der Waals surface area (Å²) in [6.45, 7) is 1.77. The fraction of sp³-hybridized carbons (Fsp3) is 0.353. The first-order chi connectivity index (χ1) is 10.8. The molecule has 1 atom stereocenters. The lowest BCUT2D eigenvalue weighted by Gasteiger charge is -2.13. The Morgan fingerprint density at radius 2 is 2.17 bits per heavy atom. The number of carbonyl (C=O) groups excluding carboxylic acids is 1. The molecule has 1 amide bonds. The first kappa shape index (κ1) is 18.3. The minimum Gasteiger partial charge on any atom is -0.350 e. The van der Waals surface area contributed by atoms with E-state index in [2.05, 4.69) is 28.1 Å². The predicted molar refractivity (Wildman–Crippen MR) is 101 cm³/mol. The standard InChI is InChI=1S/C17H20N2OS2.ClH/c20-17(19-11-13-5-3-9-18-13)15-7-1-2-8-16(15)22-12-14-6-4-10-21-14;/h1-2,4,6-8,10,13,18H,3,5,9,11-12H2,(H,19,20);1H. The Hall–Kier alpha value is -1.01. The molecular weight excluding hydrogens is 348 g/mol. The minimum absolute atomic E-state index is 0. The van der Waals surface area contributed by atoms with Gasteiger partial charge in [0.25, 0.3) is 5.91 Å². The fourth-order valence-corrected chi connectivity index (χ4v) is 4.39. The molecule has 2 N–H and O–H groups in total. The topological polar surface area (TPSA) is 41.1 Å². The quantitative estimate of drug-likeness (QED) is 0.758. The van der Waals surface area contributed by atoms with Crippen LogP contribution in [0.1, 0.15) is 28.1 Å². The molecule has 0 bridgehead atoms. The number of benzene rings is 1. The van der Waals surface area contributed by atoms with E-state index in [9.17, 15) is 4.79 Å². The van der Waals surface area contributed by atoms with E-state index in [0.29, 0.717) is 12.6 Å². The molecule has 1 aromatic heterocycles. The van der Waals surface area contributed by atoms with Gasteiger partial charge >= 0.3 is 0 Å². The third kappa shape index (κ3) is 5.24. The SMILES string of the molecule is Cl.O=C(NCC1CCCN1)c1ccccc1SCc1cccs1. The van der Waals surface area contributed by atoms with Crippen molar-refractivity contribution in [1.82, 2.24) is 10.6 Å². The van der Waals surface area contributed by atoms with E-state index in [4.69, 9.17) is 0 Å². The zero-order valence-corrected chi connectivity index (χ0v) is 15.2. The van der Waals surface area contributed by atoms with Crippen LogP contribution >= 0.6 is 35.5 Å². The van der Waals surface area contributed by atoms with Crippen LogP contribution in [0.2, 0.25) is 0 Å². The van der Waals surface area contributed by atoms with E-state index >= 15 is 0 Å². The van der Waals surface area contributed by atoms with Gasteiger partial charge in [-0.25, -0.2) is 0 Å². The van der Waals surface area contributed by atoms with E-state index in [1.807, 2.05) is 24.3 Å². The summed E-state index contributed by atoms with van der Waals surface area (Å²) in [7, 11) is 0. The molecule has 2 aromatic rings. The summed E-state index contributed by atoms with van der Waals surface area (Å²) < 4.78 is 0. The molecule has 3 rings (SSSR count). The Labute approximate surface area is 151 Å². The maximum atomic E-state index is 12.4. The average molecular weight is 369 g/mol. The highest BCUT2D eigenvalue weighted by Gasteiger charge is 2.16. The summed E-state index contributed by atoms with van der Waals surface area (Å²) in [5.41, 5.74) is 0.780. The van der Waals surface area contributed by atoms with Crippen molar-refractivity contribution in [3.8, 4) is 0 Å². The second-order valence-corrected chi connectivity index (χ2v) is 7.42. The molecule has 23 heavy (non-hydrogen) atoms. The van der Waals surface area contributed by atoms with Crippen molar-refractivity contribution in [1.29, 1.82) is 0 Å². The molecule has 6 heteroatoms. The van der Waals surface area contributed by atoms with Gasteiger partial charge in [-0.2, -0.15) is 0 Å². The highest BCUT2D eigenvalue weighted by Crippen LogP contribution is 2.27. The average Bonchev–Trinajstić information content (AvgIpc) is 3.24. The Balaban J connectivity index is 0.00000192. The molecule has 1 aromatic carbocycles. The number of hydrogen-bond donors (Lipinski definition) is 2. The lowest BCUT2D eigenvalue weighted by Crippen LogP contribution is -2.37. The van der Waals surface area contributed by atoms with Crippen LogP contribution < -0.4 is 10.6 Å². The van der Waals surface area contributed by atoms with Gasteiger partial charge in [0.1, 0.15) is 0 Å². The van der Waals surface area contributed by atoms with Gasteiger partial charge in [-0.1, -0.05) is 18.2 Å². The molecule has 2 heterocycles. The van der Waals surface area contributed by atoms with Crippen LogP contribution in [0.15, 0.2) is 46.7 Å². The molecule has 0 spiro atoms. The third-order valence-corrected chi connectivity index (χ3v) is 5.93. The van der Waals surface area contributed by atoms with Gasteiger partial charge in [-0.3, -0.25) is 4.79 Å². The maximum absolute atomic E-state index is 12.4. The number of rotatable bonds is 6. The van der Waals surface area contributed by atoms with Crippen LogP contribution in [0.25, 0.3) is 0 Å². The molecule has 0 saturated carbocycles. The first-order valence-corrected chi connectivity index (χ1v) is 9.45. The summed E-state index contributed by atoms with van der Waals surface area (Å²) in [5, 5.41) is 8.55.